The second kappa shape index (κ2) is 6.68. The minimum Gasteiger partial charge on any atom is -0.389 e. The van der Waals surface area contributed by atoms with Crippen LogP contribution in [0.5, 0.6) is 0 Å². The van der Waals surface area contributed by atoms with Gasteiger partial charge in [-0.05, 0) is 40.2 Å². The third-order valence-corrected chi connectivity index (χ3v) is 3.24. The summed E-state index contributed by atoms with van der Waals surface area (Å²) >= 11 is 0. The largest absolute Gasteiger partial charge is 0.389 e. The molecular weight excluding hydrogens is 244 g/mol. The summed E-state index contributed by atoms with van der Waals surface area (Å²) in [5, 5.41) is 10.0. The Morgan fingerprint density at radius 3 is 2.63 bits per heavy atom. The van der Waals surface area contributed by atoms with Gasteiger partial charge in [-0.25, -0.2) is 0 Å². The Morgan fingerprint density at radius 2 is 2.11 bits per heavy atom. The van der Waals surface area contributed by atoms with Gasteiger partial charge in [0.25, 0.3) is 0 Å². The Balaban J connectivity index is 2.44. The number of ether oxygens (including phenoxy) is 1. The third-order valence-electron chi connectivity index (χ3n) is 3.24. The monoisotopic (exact) mass is 272 g/mol. The van der Waals surface area contributed by atoms with Crippen LogP contribution in [-0.4, -0.2) is 72.4 Å². The van der Waals surface area contributed by atoms with Crippen LogP contribution in [0.15, 0.2) is 0 Å². The van der Waals surface area contributed by atoms with E-state index in [1.807, 2.05) is 20.8 Å². The highest BCUT2D eigenvalue weighted by Gasteiger charge is 2.32. The number of rotatable bonds is 5. The van der Waals surface area contributed by atoms with Crippen LogP contribution in [-0.2, 0) is 9.53 Å². The van der Waals surface area contributed by atoms with Crippen LogP contribution in [0.1, 0.15) is 33.6 Å². The Kier molecular flexibility index (Phi) is 5.77. The lowest BCUT2D eigenvalue weighted by Gasteiger charge is -2.29. The van der Waals surface area contributed by atoms with E-state index < -0.39 is 6.10 Å². The van der Waals surface area contributed by atoms with Crippen LogP contribution in [0.3, 0.4) is 0 Å². The van der Waals surface area contributed by atoms with Crippen molar-refractivity contribution < 1.29 is 14.6 Å². The lowest BCUT2D eigenvalue weighted by molar-refractivity contribution is -0.134. The molecule has 0 radical (unpaired) electrons. The summed E-state index contributed by atoms with van der Waals surface area (Å²) in [7, 11) is 3.55. The summed E-state index contributed by atoms with van der Waals surface area (Å²) < 4.78 is 5.57. The zero-order chi connectivity index (χ0) is 14.6. The minimum absolute atomic E-state index is 0.0840. The number of nitrogens with zero attached hydrogens (tertiary/aromatic N) is 2. The predicted octanol–water partition coefficient (Wildman–Crippen LogP) is 0.715. The Labute approximate surface area is 116 Å². The van der Waals surface area contributed by atoms with E-state index in [2.05, 4.69) is 4.90 Å². The average Bonchev–Trinajstić information content (AvgIpc) is 2.72. The van der Waals surface area contributed by atoms with Gasteiger partial charge in [0.2, 0.25) is 5.91 Å². The molecule has 0 bridgehead atoms. The van der Waals surface area contributed by atoms with E-state index in [-0.39, 0.29) is 17.6 Å². The van der Waals surface area contributed by atoms with Crippen molar-refractivity contribution in [1.29, 1.82) is 0 Å². The molecule has 1 fully saturated rings. The van der Waals surface area contributed by atoms with Gasteiger partial charge < -0.3 is 14.7 Å². The van der Waals surface area contributed by atoms with Crippen molar-refractivity contribution in [2.24, 2.45) is 0 Å². The number of likely N-dealkylation sites (tertiary alicyclic amines) is 1. The first-order valence-electron chi connectivity index (χ1n) is 6.98. The van der Waals surface area contributed by atoms with E-state index in [9.17, 15) is 9.90 Å². The molecular formula is C14H28N2O3. The molecule has 5 nitrogen and oxygen atoms in total. The first-order valence-corrected chi connectivity index (χ1v) is 6.98. The van der Waals surface area contributed by atoms with Gasteiger partial charge in [-0.2, -0.15) is 0 Å². The lowest BCUT2D eigenvalue weighted by Crippen LogP contribution is -2.46. The van der Waals surface area contributed by atoms with Gasteiger partial charge in [0, 0.05) is 20.6 Å². The maximum atomic E-state index is 12.0. The van der Waals surface area contributed by atoms with Crippen LogP contribution < -0.4 is 0 Å². The number of amides is 1. The summed E-state index contributed by atoms with van der Waals surface area (Å²) in [6.45, 7) is 7.58. The van der Waals surface area contributed by atoms with E-state index in [0.29, 0.717) is 13.2 Å². The number of β-amino-alcohol motifs (C(OH)–C–C–N with tert-alkyl or cyclic N) is 1. The molecule has 112 valence electrons. The molecule has 19 heavy (non-hydrogen) atoms. The smallest absolute Gasteiger partial charge is 0.239 e. The van der Waals surface area contributed by atoms with Gasteiger partial charge in [0.15, 0.2) is 0 Å². The third kappa shape index (κ3) is 5.47. The summed E-state index contributed by atoms with van der Waals surface area (Å²) in [5.41, 5.74) is -0.245. The van der Waals surface area contributed by atoms with Gasteiger partial charge in [0.1, 0.15) is 0 Å². The molecule has 1 aliphatic rings. The number of hydrogen-bond acceptors (Lipinski definition) is 4. The van der Waals surface area contributed by atoms with E-state index >= 15 is 0 Å². The Hall–Kier alpha value is -0.650. The van der Waals surface area contributed by atoms with Crippen molar-refractivity contribution in [2.75, 3.05) is 33.8 Å². The zero-order valence-corrected chi connectivity index (χ0v) is 12.8. The van der Waals surface area contributed by atoms with Crippen LogP contribution in [0.2, 0.25) is 0 Å². The van der Waals surface area contributed by atoms with Crippen molar-refractivity contribution in [2.45, 2.75) is 51.4 Å². The number of aliphatic hydroxyl groups excluding tert-OH is 1. The van der Waals surface area contributed by atoms with Crippen molar-refractivity contribution in [1.82, 2.24) is 9.80 Å². The second-order valence-corrected chi connectivity index (χ2v) is 6.46. The second-order valence-electron chi connectivity index (χ2n) is 6.46. The molecule has 0 aromatic heterocycles. The molecule has 1 aliphatic heterocycles. The topological polar surface area (TPSA) is 53.0 Å². The van der Waals surface area contributed by atoms with E-state index in [0.717, 1.165) is 19.4 Å². The highest BCUT2D eigenvalue weighted by Crippen LogP contribution is 2.19. The molecule has 0 spiro atoms. The van der Waals surface area contributed by atoms with Crippen LogP contribution >= 0.6 is 0 Å². The van der Waals surface area contributed by atoms with Crippen molar-refractivity contribution in [3.05, 3.63) is 0 Å². The SMILES string of the molecule is CN(C)C(=O)C1CCCN1CC(O)COC(C)(C)C. The lowest BCUT2D eigenvalue weighted by atomic mass is 10.2. The molecule has 2 atom stereocenters. The highest BCUT2D eigenvalue weighted by molar-refractivity contribution is 5.81. The Morgan fingerprint density at radius 1 is 1.47 bits per heavy atom. The normalized spacial score (nSPS) is 22.5. The molecule has 0 aromatic carbocycles. The van der Waals surface area contributed by atoms with Gasteiger partial charge >= 0.3 is 0 Å². The van der Waals surface area contributed by atoms with Gasteiger partial charge in [-0.15, -0.1) is 0 Å². The maximum Gasteiger partial charge on any atom is 0.239 e. The van der Waals surface area contributed by atoms with Gasteiger partial charge in [-0.3, -0.25) is 9.69 Å². The molecule has 0 saturated carbocycles. The molecule has 1 heterocycles. The number of carbonyl (C=O) groups excluding carboxylic acids is 1. The van der Waals surface area contributed by atoms with Crippen molar-refractivity contribution >= 4 is 5.91 Å². The van der Waals surface area contributed by atoms with Gasteiger partial charge in [0.05, 0.1) is 24.4 Å². The van der Waals surface area contributed by atoms with E-state index in [4.69, 9.17) is 4.74 Å². The number of hydrogen-bond donors (Lipinski definition) is 1. The molecule has 1 N–H and O–H groups in total. The average molecular weight is 272 g/mol. The quantitative estimate of drug-likeness (QED) is 0.801. The minimum atomic E-state index is -0.546. The molecule has 0 aromatic rings. The molecule has 2 unspecified atom stereocenters. The predicted molar refractivity (Wildman–Crippen MR) is 75.0 cm³/mol. The summed E-state index contributed by atoms with van der Waals surface area (Å²) in [4.78, 5) is 15.7. The Bertz CT molecular complexity index is 300. The van der Waals surface area contributed by atoms with Crippen LogP contribution in [0.4, 0.5) is 0 Å². The number of likely N-dealkylation sites (N-methyl/N-ethyl adjacent to an activating group) is 1. The van der Waals surface area contributed by atoms with E-state index in [1.54, 1.807) is 19.0 Å². The molecule has 1 saturated heterocycles. The van der Waals surface area contributed by atoms with Crippen molar-refractivity contribution in [3.63, 3.8) is 0 Å². The molecule has 1 rings (SSSR count). The molecule has 0 aliphatic carbocycles. The number of carbonyl (C=O) groups is 1. The first kappa shape index (κ1) is 16.4. The van der Waals surface area contributed by atoms with E-state index in [1.165, 1.54) is 0 Å². The standard InChI is InChI=1S/C14H28N2O3/c1-14(2,3)19-10-11(17)9-16-8-6-7-12(16)13(18)15(4)5/h11-12,17H,6-10H2,1-5H3. The zero-order valence-electron chi connectivity index (χ0n) is 12.8. The van der Waals surface area contributed by atoms with Crippen molar-refractivity contribution in [3.8, 4) is 0 Å². The summed E-state index contributed by atoms with van der Waals surface area (Å²) in [6.07, 6.45) is 1.34. The fourth-order valence-electron chi connectivity index (χ4n) is 2.29. The van der Waals surface area contributed by atoms with Gasteiger partial charge in [-0.1, -0.05) is 0 Å². The van der Waals surface area contributed by atoms with Crippen LogP contribution in [0.25, 0.3) is 0 Å². The fraction of sp³-hybridized carbons (Fsp3) is 0.929. The summed E-state index contributed by atoms with van der Waals surface area (Å²) in [5.74, 6) is 0.126. The maximum absolute atomic E-state index is 12.0. The summed E-state index contributed by atoms with van der Waals surface area (Å²) in [6, 6.07) is -0.0840. The number of aliphatic hydroxyl groups is 1. The fourth-order valence-corrected chi connectivity index (χ4v) is 2.29. The van der Waals surface area contributed by atoms with Crippen LogP contribution in [0, 0.1) is 0 Å². The first-order chi connectivity index (χ1) is 8.70. The molecule has 5 heteroatoms. The highest BCUT2D eigenvalue weighted by atomic mass is 16.5. The molecule has 1 amide bonds.